The van der Waals surface area contributed by atoms with E-state index >= 15 is 0 Å². The Hall–Kier alpha value is -3.04. The van der Waals surface area contributed by atoms with Gasteiger partial charge >= 0.3 is 5.97 Å². The Bertz CT molecular complexity index is 1130. The van der Waals surface area contributed by atoms with Gasteiger partial charge in [0, 0.05) is 30.6 Å². The summed E-state index contributed by atoms with van der Waals surface area (Å²) in [4.78, 5) is 32.7. The Labute approximate surface area is 229 Å². The molecule has 39 heavy (non-hydrogen) atoms. The molecule has 1 aromatic heterocycles. The minimum absolute atomic E-state index is 0.00137. The van der Waals surface area contributed by atoms with Crippen LogP contribution < -0.4 is 4.74 Å². The zero-order valence-electron chi connectivity index (χ0n) is 23.1. The SMILES string of the molecule is CCC(F)(CC)CN1CCC(COc2ccc(-c3ccc(C(=O)N4C[C@H](O)C[C@@]4(C)C(=O)O)cc3)nc2)CC1. The molecule has 0 spiro atoms. The zero-order chi connectivity index (χ0) is 28.2. The molecule has 0 saturated carbocycles. The van der Waals surface area contributed by atoms with Crippen LogP contribution in [-0.4, -0.2) is 87.0 Å². The first-order valence-corrected chi connectivity index (χ1v) is 13.9. The average Bonchev–Trinajstić information content (AvgIpc) is 3.27. The van der Waals surface area contributed by atoms with E-state index in [1.807, 2.05) is 26.0 Å². The molecular weight excluding hydrogens is 501 g/mol. The number of rotatable bonds is 10. The number of aliphatic hydroxyl groups is 1. The van der Waals surface area contributed by atoms with Gasteiger partial charge in [-0.3, -0.25) is 9.78 Å². The van der Waals surface area contributed by atoms with Gasteiger partial charge in [0.1, 0.15) is 17.0 Å². The number of pyridine rings is 1. The van der Waals surface area contributed by atoms with Crippen LogP contribution in [0.25, 0.3) is 11.3 Å². The lowest BCUT2D eigenvalue weighted by atomic mass is 9.94. The van der Waals surface area contributed by atoms with Crippen molar-refractivity contribution in [3.05, 3.63) is 48.2 Å². The predicted octanol–water partition coefficient (Wildman–Crippen LogP) is 4.42. The van der Waals surface area contributed by atoms with Gasteiger partial charge in [0.15, 0.2) is 0 Å². The Morgan fingerprint density at radius 3 is 2.36 bits per heavy atom. The molecule has 1 aromatic carbocycles. The Balaban J connectivity index is 1.29. The lowest BCUT2D eigenvalue weighted by molar-refractivity contribution is -0.147. The van der Waals surface area contributed by atoms with Crippen molar-refractivity contribution in [3.63, 3.8) is 0 Å². The number of alkyl halides is 1. The van der Waals surface area contributed by atoms with Crippen molar-refractivity contribution in [1.82, 2.24) is 14.8 Å². The summed E-state index contributed by atoms with van der Waals surface area (Å²) in [7, 11) is 0. The number of halogens is 1. The third-order valence-corrected chi connectivity index (χ3v) is 8.46. The molecule has 2 fully saturated rings. The van der Waals surface area contributed by atoms with E-state index in [1.165, 1.54) is 11.8 Å². The number of hydrogen-bond donors (Lipinski definition) is 2. The largest absolute Gasteiger partial charge is 0.492 e. The normalized spacial score (nSPS) is 22.7. The van der Waals surface area contributed by atoms with Crippen molar-refractivity contribution < 1.29 is 28.9 Å². The summed E-state index contributed by atoms with van der Waals surface area (Å²) >= 11 is 0. The molecule has 2 N–H and O–H groups in total. The highest BCUT2D eigenvalue weighted by Crippen LogP contribution is 2.32. The van der Waals surface area contributed by atoms with E-state index in [-0.39, 0.29) is 13.0 Å². The van der Waals surface area contributed by atoms with Crippen molar-refractivity contribution in [2.75, 3.05) is 32.8 Å². The number of nitrogens with zero attached hydrogens (tertiary/aromatic N) is 3. The maximum absolute atomic E-state index is 14.7. The topological polar surface area (TPSA) is 103 Å². The van der Waals surface area contributed by atoms with E-state index in [2.05, 4.69) is 9.88 Å². The first kappa shape index (κ1) is 29.0. The van der Waals surface area contributed by atoms with Gasteiger partial charge in [-0.25, -0.2) is 9.18 Å². The van der Waals surface area contributed by atoms with E-state index in [4.69, 9.17) is 4.74 Å². The smallest absolute Gasteiger partial charge is 0.329 e. The second-order valence-electron chi connectivity index (χ2n) is 11.2. The summed E-state index contributed by atoms with van der Waals surface area (Å²) in [5, 5.41) is 19.6. The van der Waals surface area contributed by atoms with Crippen LogP contribution in [0.5, 0.6) is 5.75 Å². The van der Waals surface area contributed by atoms with Gasteiger partial charge in [0.2, 0.25) is 0 Å². The summed E-state index contributed by atoms with van der Waals surface area (Å²) < 4.78 is 20.7. The van der Waals surface area contributed by atoms with E-state index in [1.54, 1.807) is 30.5 Å². The van der Waals surface area contributed by atoms with Crippen LogP contribution >= 0.6 is 0 Å². The molecule has 9 heteroatoms. The number of carboxylic acid groups (broad SMARTS) is 1. The fourth-order valence-corrected chi connectivity index (χ4v) is 5.53. The van der Waals surface area contributed by atoms with E-state index in [0.29, 0.717) is 43.2 Å². The number of carboxylic acids is 1. The molecule has 3 heterocycles. The summed E-state index contributed by atoms with van der Waals surface area (Å²) in [6.07, 6.45) is 3.90. The first-order chi connectivity index (χ1) is 18.6. The highest BCUT2D eigenvalue weighted by atomic mass is 19.1. The maximum Gasteiger partial charge on any atom is 0.329 e. The van der Waals surface area contributed by atoms with Gasteiger partial charge in [-0.15, -0.1) is 0 Å². The quantitative estimate of drug-likeness (QED) is 0.459. The van der Waals surface area contributed by atoms with E-state index in [9.17, 15) is 24.2 Å². The molecule has 1 amide bonds. The Morgan fingerprint density at radius 1 is 1.13 bits per heavy atom. The zero-order valence-corrected chi connectivity index (χ0v) is 23.1. The third-order valence-electron chi connectivity index (χ3n) is 8.46. The molecule has 0 aliphatic carbocycles. The Kier molecular flexibility index (Phi) is 8.91. The second kappa shape index (κ2) is 12.0. The van der Waals surface area contributed by atoms with Gasteiger partial charge in [0.05, 0.1) is 24.6 Å². The monoisotopic (exact) mass is 541 g/mol. The highest BCUT2D eigenvalue weighted by Gasteiger charge is 2.49. The minimum atomic E-state index is -1.44. The number of piperidine rings is 1. The Morgan fingerprint density at radius 2 is 1.79 bits per heavy atom. The number of hydrogen-bond acceptors (Lipinski definition) is 6. The molecule has 2 atom stereocenters. The van der Waals surface area contributed by atoms with Crippen LogP contribution in [0.4, 0.5) is 4.39 Å². The van der Waals surface area contributed by atoms with E-state index < -0.39 is 29.2 Å². The van der Waals surface area contributed by atoms with Gasteiger partial charge in [-0.05, 0) is 75.9 Å². The molecule has 0 bridgehead atoms. The number of amides is 1. The molecule has 2 aliphatic heterocycles. The number of β-amino-alcohol motifs (C(OH)–C–C–N with tert-alkyl or cyclic N) is 1. The van der Waals surface area contributed by atoms with Crippen molar-refractivity contribution in [2.24, 2.45) is 5.92 Å². The fourth-order valence-electron chi connectivity index (χ4n) is 5.53. The molecule has 2 aliphatic rings. The third kappa shape index (κ3) is 6.58. The number of carbonyl (C=O) groups is 2. The summed E-state index contributed by atoms with van der Waals surface area (Å²) in [5.74, 6) is -0.436. The van der Waals surface area contributed by atoms with Gasteiger partial charge in [0.25, 0.3) is 5.91 Å². The average molecular weight is 542 g/mol. The predicted molar refractivity (Wildman–Crippen MR) is 146 cm³/mol. The van der Waals surface area contributed by atoms with Gasteiger partial charge in [-0.2, -0.15) is 0 Å². The summed E-state index contributed by atoms with van der Waals surface area (Å²) in [6.45, 7) is 8.18. The molecular formula is C30H40FN3O5. The first-order valence-electron chi connectivity index (χ1n) is 13.9. The lowest BCUT2D eigenvalue weighted by Crippen LogP contribution is -2.50. The van der Waals surface area contributed by atoms with Crippen molar-refractivity contribution >= 4 is 11.9 Å². The van der Waals surface area contributed by atoms with Crippen LogP contribution in [0.15, 0.2) is 42.6 Å². The molecule has 0 unspecified atom stereocenters. The molecule has 2 saturated heterocycles. The number of aromatic nitrogens is 1. The highest BCUT2D eigenvalue weighted by molar-refractivity contribution is 5.98. The maximum atomic E-state index is 14.7. The van der Waals surface area contributed by atoms with E-state index in [0.717, 1.165) is 37.2 Å². The van der Waals surface area contributed by atoms with Crippen LogP contribution in [0, 0.1) is 5.92 Å². The van der Waals surface area contributed by atoms with Crippen LogP contribution in [0.1, 0.15) is 63.2 Å². The summed E-state index contributed by atoms with van der Waals surface area (Å²) in [5.41, 5.74) is -0.633. The lowest BCUT2D eigenvalue weighted by Gasteiger charge is -2.36. The number of benzene rings is 1. The molecule has 0 radical (unpaired) electrons. The van der Waals surface area contributed by atoms with Gasteiger partial charge < -0.3 is 24.7 Å². The summed E-state index contributed by atoms with van der Waals surface area (Å²) in [6, 6.07) is 10.6. The van der Waals surface area contributed by atoms with Crippen LogP contribution in [0.3, 0.4) is 0 Å². The number of likely N-dealkylation sites (tertiary alicyclic amines) is 2. The molecule has 4 rings (SSSR count). The minimum Gasteiger partial charge on any atom is -0.492 e. The number of ether oxygens (including phenoxy) is 1. The van der Waals surface area contributed by atoms with Crippen LogP contribution in [-0.2, 0) is 4.79 Å². The van der Waals surface area contributed by atoms with Crippen molar-refractivity contribution in [2.45, 2.75) is 70.2 Å². The van der Waals surface area contributed by atoms with Crippen molar-refractivity contribution in [1.29, 1.82) is 0 Å². The second-order valence-corrected chi connectivity index (χ2v) is 11.2. The number of aliphatic hydroxyl groups excluding tert-OH is 1. The molecule has 2 aromatic rings. The number of aliphatic carboxylic acids is 1. The van der Waals surface area contributed by atoms with Crippen molar-refractivity contribution in [3.8, 4) is 17.0 Å². The molecule has 212 valence electrons. The molecule has 8 nitrogen and oxygen atoms in total. The van der Waals surface area contributed by atoms with Crippen LogP contribution in [0.2, 0.25) is 0 Å². The van der Waals surface area contributed by atoms with Gasteiger partial charge in [-0.1, -0.05) is 26.0 Å². The fraction of sp³-hybridized carbons (Fsp3) is 0.567. The standard InChI is InChI=1S/C30H40FN3O5/c1-4-30(31,5-2)20-33-14-12-21(13-15-33)19-39-25-10-11-26(32-17-25)22-6-8-23(9-7-22)27(36)34-18-24(35)16-29(34,3)28(37)38/h6-11,17,21,24,35H,4-5,12-16,18-20H2,1-3H3,(H,37,38)/t24-,29+/m1/s1. The number of carbonyl (C=O) groups excluding carboxylic acids is 1.